The van der Waals surface area contributed by atoms with Crippen LogP contribution >= 0.6 is 0 Å². The zero-order valence-corrected chi connectivity index (χ0v) is 10.3. The van der Waals surface area contributed by atoms with Crippen molar-refractivity contribution in [2.45, 2.75) is 20.0 Å². The van der Waals surface area contributed by atoms with Gasteiger partial charge >= 0.3 is 0 Å². The van der Waals surface area contributed by atoms with Gasteiger partial charge in [0.2, 0.25) is 0 Å². The summed E-state index contributed by atoms with van der Waals surface area (Å²) in [6, 6.07) is 14.6. The lowest BCUT2D eigenvalue weighted by Gasteiger charge is -2.08. The number of hydrogen-bond acceptors (Lipinski definition) is 1. The second kappa shape index (κ2) is 5.15. The molecule has 1 nitrogen and oxygen atoms in total. The summed E-state index contributed by atoms with van der Waals surface area (Å²) >= 11 is 0. The van der Waals surface area contributed by atoms with Crippen LogP contribution in [0.3, 0.4) is 0 Å². The van der Waals surface area contributed by atoms with Crippen molar-refractivity contribution >= 4 is 16.8 Å². The molecule has 2 aromatic carbocycles. The molecule has 0 aromatic heterocycles. The van der Waals surface area contributed by atoms with E-state index in [0.29, 0.717) is 0 Å². The number of aliphatic hydroxyl groups is 1. The highest BCUT2D eigenvalue weighted by atomic mass is 16.3. The van der Waals surface area contributed by atoms with Crippen molar-refractivity contribution in [1.82, 2.24) is 0 Å². The van der Waals surface area contributed by atoms with Gasteiger partial charge in [0.15, 0.2) is 0 Å². The monoisotopic (exact) mass is 226 g/mol. The van der Waals surface area contributed by atoms with Crippen LogP contribution in [0.1, 0.15) is 19.4 Å². The van der Waals surface area contributed by atoms with Crippen molar-refractivity contribution in [3.8, 4) is 0 Å². The summed E-state index contributed by atoms with van der Waals surface area (Å²) in [5.41, 5.74) is 1.13. The Morgan fingerprint density at radius 3 is 2.41 bits per heavy atom. The van der Waals surface area contributed by atoms with E-state index in [0.717, 1.165) is 5.56 Å². The fourth-order valence-corrected chi connectivity index (χ4v) is 1.74. The van der Waals surface area contributed by atoms with Crippen LogP contribution in [0.15, 0.2) is 48.5 Å². The van der Waals surface area contributed by atoms with Gasteiger partial charge in [-0.3, -0.25) is 0 Å². The van der Waals surface area contributed by atoms with E-state index in [1.807, 2.05) is 38.1 Å². The third-order valence-electron chi connectivity index (χ3n) is 2.94. The predicted octanol–water partition coefficient (Wildman–Crippen LogP) is 3.87. The number of hydrogen-bond donors (Lipinski definition) is 1. The first kappa shape index (κ1) is 11.9. The molecule has 88 valence electrons. The Morgan fingerprint density at radius 2 is 1.71 bits per heavy atom. The Bertz CT molecular complexity index is 526. The maximum atomic E-state index is 9.71. The van der Waals surface area contributed by atoms with E-state index in [-0.39, 0.29) is 12.0 Å². The Kier molecular flexibility index (Phi) is 3.60. The average molecular weight is 226 g/mol. The SMILES string of the molecule is CC(C)[C@H](O)/C=C/c1ccc2ccccc2c1. The summed E-state index contributed by atoms with van der Waals surface area (Å²) in [5, 5.41) is 12.2. The van der Waals surface area contributed by atoms with Crippen molar-refractivity contribution in [3.63, 3.8) is 0 Å². The predicted molar refractivity (Wildman–Crippen MR) is 73.8 cm³/mol. The van der Waals surface area contributed by atoms with E-state index in [4.69, 9.17) is 0 Å². The molecule has 1 N–H and O–H groups in total. The van der Waals surface area contributed by atoms with Gasteiger partial charge in [0.1, 0.15) is 0 Å². The molecule has 0 aliphatic heterocycles. The quantitative estimate of drug-likeness (QED) is 0.842. The van der Waals surface area contributed by atoms with Crippen molar-refractivity contribution in [2.24, 2.45) is 5.92 Å². The molecule has 17 heavy (non-hydrogen) atoms. The van der Waals surface area contributed by atoms with Gasteiger partial charge in [-0.2, -0.15) is 0 Å². The molecular weight excluding hydrogens is 208 g/mol. The fraction of sp³-hybridized carbons (Fsp3) is 0.250. The van der Waals surface area contributed by atoms with Gasteiger partial charge in [-0.05, 0) is 28.3 Å². The first-order valence-corrected chi connectivity index (χ1v) is 6.02. The first-order valence-electron chi connectivity index (χ1n) is 6.02. The second-order valence-electron chi connectivity index (χ2n) is 4.70. The third kappa shape index (κ3) is 2.95. The Labute approximate surface area is 102 Å². The van der Waals surface area contributed by atoms with E-state index < -0.39 is 0 Å². The number of rotatable bonds is 3. The standard InChI is InChI=1S/C16H18O/c1-12(2)16(17)10-8-13-7-9-14-5-3-4-6-15(14)11-13/h3-12,16-17H,1-2H3/b10-8+/t16-/m1/s1. The van der Waals surface area contributed by atoms with E-state index in [1.165, 1.54) is 10.8 Å². The largest absolute Gasteiger partial charge is 0.389 e. The number of benzene rings is 2. The molecule has 0 aliphatic carbocycles. The highest BCUT2D eigenvalue weighted by Crippen LogP contribution is 2.17. The first-order chi connectivity index (χ1) is 8.16. The molecule has 1 atom stereocenters. The molecule has 0 heterocycles. The topological polar surface area (TPSA) is 20.2 Å². The lowest BCUT2D eigenvalue weighted by Crippen LogP contribution is -2.10. The van der Waals surface area contributed by atoms with Crippen molar-refractivity contribution in [1.29, 1.82) is 0 Å². The highest BCUT2D eigenvalue weighted by Gasteiger charge is 2.03. The number of aliphatic hydroxyl groups excluding tert-OH is 1. The smallest absolute Gasteiger partial charge is 0.0747 e. The van der Waals surface area contributed by atoms with Gasteiger partial charge in [-0.25, -0.2) is 0 Å². The molecule has 0 saturated carbocycles. The van der Waals surface area contributed by atoms with Gasteiger partial charge < -0.3 is 5.11 Å². The lowest BCUT2D eigenvalue weighted by atomic mass is 10.0. The van der Waals surface area contributed by atoms with Gasteiger partial charge in [0.05, 0.1) is 6.10 Å². The molecule has 1 heteroatoms. The molecule has 0 radical (unpaired) electrons. The van der Waals surface area contributed by atoms with Gasteiger partial charge in [-0.1, -0.05) is 62.4 Å². The Hall–Kier alpha value is -1.60. The molecule has 0 amide bonds. The molecule has 0 fully saturated rings. The Balaban J connectivity index is 2.25. The average Bonchev–Trinajstić information content (AvgIpc) is 2.35. The maximum absolute atomic E-state index is 9.71. The molecule has 0 unspecified atom stereocenters. The van der Waals surface area contributed by atoms with Crippen molar-refractivity contribution in [3.05, 3.63) is 54.1 Å². The minimum atomic E-state index is -0.374. The summed E-state index contributed by atoms with van der Waals surface area (Å²) in [6.45, 7) is 4.02. The van der Waals surface area contributed by atoms with Crippen LogP contribution in [0.4, 0.5) is 0 Å². The van der Waals surface area contributed by atoms with E-state index in [2.05, 4.69) is 30.3 Å². The van der Waals surface area contributed by atoms with Crippen LogP contribution in [0.2, 0.25) is 0 Å². The maximum Gasteiger partial charge on any atom is 0.0747 e. The minimum absolute atomic E-state index is 0.256. The van der Waals surface area contributed by atoms with Crippen LogP contribution in [0.5, 0.6) is 0 Å². The summed E-state index contributed by atoms with van der Waals surface area (Å²) in [7, 11) is 0. The summed E-state index contributed by atoms with van der Waals surface area (Å²) in [4.78, 5) is 0. The van der Waals surface area contributed by atoms with E-state index in [1.54, 1.807) is 0 Å². The molecule has 0 spiro atoms. The zero-order chi connectivity index (χ0) is 12.3. The van der Waals surface area contributed by atoms with Crippen LogP contribution in [0, 0.1) is 5.92 Å². The molecular formula is C16H18O. The second-order valence-corrected chi connectivity index (χ2v) is 4.70. The number of fused-ring (bicyclic) bond motifs is 1. The van der Waals surface area contributed by atoms with Crippen molar-refractivity contribution < 1.29 is 5.11 Å². The zero-order valence-electron chi connectivity index (χ0n) is 10.3. The highest BCUT2D eigenvalue weighted by molar-refractivity contribution is 5.84. The van der Waals surface area contributed by atoms with Crippen molar-refractivity contribution in [2.75, 3.05) is 0 Å². The molecule has 2 aromatic rings. The third-order valence-corrected chi connectivity index (χ3v) is 2.94. The molecule has 0 aliphatic rings. The van der Waals surface area contributed by atoms with E-state index in [9.17, 15) is 5.11 Å². The van der Waals surface area contributed by atoms with Crippen LogP contribution < -0.4 is 0 Å². The normalized spacial score (nSPS) is 13.6. The van der Waals surface area contributed by atoms with Crippen LogP contribution in [-0.2, 0) is 0 Å². The van der Waals surface area contributed by atoms with Gasteiger partial charge in [0, 0.05) is 0 Å². The van der Waals surface area contributed by atoms with Gasteiger partial charge in [0.25, 0.3) is 0 Å². The van der Waals surface area contributed by atoms with E-state index >= 15 is 0 Å². The summed E-state index contributed by atoms with van der Waals surface area (Å²) in [6.07, 6.45) is 3.47. The van der Waals surface area contributed by atoms with Gasteiger partial charge in [-0.15, -0.1) is 0 Å². The molecule has 0 saturated heterocycles. The minimum Gasteiger partial charge on any atom is -0.389 e. The molecule has 2 rings (SSSR count). The fourth-order valence-electron chi connectivity index (χ4n) is 1.74. The summed E-state index contributed by atoms with van der Waals surface area (Å²) < 4.78 is 0. The van der Waals surface area contributed by atoms with Crippen LogP contribution in [0.25, 0.3) is 16.8 Å². The summed E-state index contributed by atoms with van der Waals surface area (Å²) in [5.74, 6) is 0.256. The molecule has 0 bridgehead atoms. The lowest BCUT2D eigenvalue weighted by molar-refractivity contribution is 0.173. The van der Waals surface area contributed by atoms with Crippen LogP contribution in [-0.4, -0.2) is 11.2 Å². The Morgan fingerprint density at radius 1 is 1.00 bits per heavy atom.